The molecular formula is C18H13F2N5. The first-order valence-electron chi connectivity index (χ1n) is 7.60. The number of halogens is 2. The molecule has 0 saturated heterocycles. The lowest BCUT2D eigenvalue weighted by molar-refractivity contribution is 0.586. The number of rotatable bonds is 3. The van der Waals surface area contributed by atoms with Gasteiger partial charge in [-0.3, -0.25) is 0 Å². The van der Waals surface area contributed by atoms with E-state index in [1.807, 2.05) is 31.2 Å². The van der Waals surface area contributed by atoms with Crippen LogP contribution in [0.1, 0.15) is 5.56 Å². The summed E-state index contributed by atoms with van der Waals surface area (Å²) in [5, 5.41) is 7.87. The minimum atomic E-state index is -0.696. The highest BCUT2D eigenvalue weighted by molar-refractivity contribution is 5.89. The van der Waals surface area contributed by atoms with Gasteiger partial charge in [-0.25, -0.2) is 23.4 Å². The summed E-state index contributed by atoms with van der Waals surface area (Å²) in [5.74, 6) is -0.935. The molecule has 0 spiro atoms. The van der Waals surface area contributed by atoms with Gasteiger partial charge in [-0.15, -0.1) is 0 Å². The van der Waals surface area contributed by atoms with Crippen molar-refractivity contribution in [2.45, 2.75) is 6.92 Å². The van der Waals surface area contributed by atoms with Gasteiger partial charge < -0.3 is 5.32 Å². The zero-order valence-corrected chi connectivity index (χ0v) is 13.2. The molecule has 4 rings (SSSR count). The number of aromatic nitrogens is 4. The summed E-state index contributed by atoms with van der Waals surface area (Å²) in [6, 6.07) is 11.2. The molecule has 0 unspecified atom stereocenters. The number of aryl methyl sites for hydroxylation is 1. The summed E-state index contributed by atoms with van der Waals surface area (Å²) in [5.41, 5.74) is 2.69. The van der Waals surface area contributed by atoms with Crippen molar-refractivity contribution in [1.29, 1.82) is 0 Å². The van der Waals surface area contributed by atoms with Crippen molar-refractivity contribution in [2.24, 2.45) is 0 Å². The fourth-order valence-electron chi connectivity index (χ4n) is 2.61. The highest BCUT2D eigenvalue weighted by Gasteiger charge is 2.13. The molecule has 2 aromatic carbocycles. The summed E-state index contributed by atoms with van der Waals surface area (Å²) in [4.78, 5) is 8.44. The van der Waals surface area contributed by atoms with Crippen LogP contribution in [0.2, 0.25) is 0 Å². The van der Waals surface area contributed by atoms with Crippen LogP contribution < -0.4 is 5.32 Å². The van der Waals surface area contributed by atoms with E-state index in [9.17, 15) is 8.78 Å². The molecule has 5 nitrogen and oxygen atoms in total. The van der Waals surface area contributed by atoms with E-state index in [0.717, 1.165) is 17.3 Å². The van der Waals surface area contributed by atoms with Crippen molar-refractivity contribution in [3.8, 4) is 5.69 Å². The number of benzene rings is 2. The maximum atomic E-state index is 13.9. The van der Waals surface area contributed by atoms with Gasteiger partial charge in [0.25, 0.3) is 0 Å². The summed E-state index contributed by atoms with van der Waals surface area (Å²) < 4.78 is 28.6. The van der Waals surface area contributed by atoms with E-state index >= 15 is 0 Å². The van der Waals surface area contributed by atoms with Crippen molar-refractivity contribution >= 4 is 22.5 Å². The average Bonchev–Trinajstić information content (AvgIpc) is 3.02. The van der Waals surface area contributed by atoms with E-state index in [1.54, 1.807) is 10.9 Å². The van der Waals surface area contributed by atoms with Gasteiger partial charge in [0, 0.05) is 6.07 Å². The predicted molar refractivity (Wildman–Crippen MR) is 91.0 cm³/mol. The first-order valence-corrected chi connectivity index (χ1v) is 7.60. The molecule has 1 N–H and O–H groups in total. The second-order valence-corrected chi connectivity index (χ2v) is 5.60. The van der Waals surface area contributed by atoms with Gasteiger partial charge in [-0.1, -0.05) is 12.1 Å². The van der Waals surface area contributed by atoms with E-state index in [1.165, 1.54) is 18.5 Å². The molecule has 124 valence electrons. The molecule has 2 heterocycles. The molecule has 2 aromatic heterocycles. The van der Waals surface area contributed by atoms with Crippen molar-refractivity contribution in [3.05, 3.63) is 72.2 Å². The maximum Gasteiger partial charge on any atom is 0.168 e. The van der Waals surface area contributed by atoms with Gasteiger partial charge in [-0.2, -0.15) is 5.10 Å². The fourth-order valence-corrected chi connectivity index (χ4v) is 2.61. The molecule has 0 aliphatic rings. The van der Waals surface area contributed by atoms with E-state index in [0.29, 0.717) is 16.9 Å². The number of hydrogen-bond acceptors (Lipinski definition) is 4. The third-order valence-electron chi connectivity index (χ3n) is 3.80. The monoisotopic (exact) mass is 337 g/mol. The zero-order valence-electron chi connectivity index (χ0n) is 13.2. The van der Waals surface area contributed by atoms with Gasteiger partial charge >= 0.3 is 0 Å². The molecule has 0 saturated carbocycles. The van der Waals surface area contributed by atoms with E-state index in [-0.39, 0.29) is 5.69 Å². The van der Waals surface area contributed by atoms with Crippen LogP contribution in [0.4, 0.5) is 20.3 Å². The van der Waals surface area contributed by atoms with Crippen LogP contribution in [0.5, 0.6) is 0 Å². The number of hydrogen-bond donors (Lipinski definition) is 1. The minimum absolute atomic E-state index is 0.129. The third-order valence-corrected chi connectivity index (χ3v) is 3.80. The molecule has 0 fully saturated rings. The Morgan fingerprint density at radius 2 is 1.92 bits per heavy atom. The second kappa shape index (κ2) is 5.94. The lowest BCUT2D eigenvalue weighted by Crippen LogP contribution is -2.00. The summed E-state index contributed by atoms with van der Waals surface area (Å²) in [6.45, 7) is 1.99. The Kier molecular flexibility index (Phi) is 3.61. The van der Waals surface area contributed by atoms with Gasteiger partial charge in [0.1, 0.15) is 23.8 Å². The standard InChI is InChI=1S/C18H13F2N5/c1-11-3-2-4-13(7-11)25-18-14(9-23-25)17(21-10-22-18)24-16-6-5-12(19)8-15(16)20/h2-10H,1H3,(H,21,22,24). The molecule has 4 aromatic rings. The molecule has 0 aliphatic heterocycles. The topological polar surface area (TPSA) is 55.6 Å². The molecule has 0 atom stereocenters. The Morgan fingerprint density at radius 1 is 1.04 bits per heavy atom. The Labute approximate surface area is 142 Å². The lowest BCUT2D eigenvalue weighted by Gasteiger charge is -2.08. The third kappa shape index (κ3) is 2.80. The highest BCUT2D eigenvalue weighted by atomic mass is 19.1. The van der Waals surface area contributed by atoms with Crippen molar-refractivity contribution in [3.63, 3.8) is 0 Å². The Bertz CT molecular complexity index is 1070. The van der Waals surface area contributed by atoms with E-state index in [4.69, 9.17) is 0 Å². The van der Waals surface area contributed by atoms with Crippen molar-refractivity contribution in [1.82, 2.24) is 19.7 Å². The van der Waals surface area contributed by atoms with Crippen LogP contribution in [0.15, 0.2) is 55.0 Å². The number of nitrogens with one attached hydrogen (secondary N) is 1. The van der Waals surface area contributed by atoms with Crippen LogP contribution in [-0.4, -0.2) is 19.7 Å². The molecule has 0 amide bonds. The predicted octanol–water partition coefficient (Wildman–Crippen LogP) is 4.15. The quantitative estimate of drug-likeness (QED) is 0.610. The molecular weight excluding hydrogens is 324 g/mol. The summed E-state index contributed by atoms with van der Waals surface area (Å²) >= 11 is 0. The minimum Gasteiger partial charge on any atom is -0.337 e. The number of nitrogens with zero attached hydrogens (tertiary/aromatic N) is 4. The van der Waals surface area contributed by atoms with Gasteiger partial charge in [-0.05, 0) is 36.8 Å². The first-order chi connectivity index (χ1) is 12.1. The summed E-state index contributed by atoms with van der Waals surface area (Å²) in [7, 11) is 0. The highest BCUT2D eigenvalue weighted by Crippen LogP contribution is 2.26. The maximum absolute atomic E-state index is 13.9. The number of fused-ring (bicyclic) bond motifs is 1. The van der Waals surface area contributed by atoms with Gasteiger partial charge in [0.2, 0.25) is 0 Å². The van der Waals surface area contributed by atoms with E-state index < -0.39 is 11.6 Å². The average molecular weight is 337 g/mol. The SMILES string of the molecule is Cc1cccc(-n2ncc3c(Nc4ccc(F)cc4F)ncnc32)c1. The van der Waals surface area contributed by atoms with Crippen LogP contribution in [-0.2, 0) is 0 Å². The number of anilines is 2. The normalized spacial score (nSPS) is 11.0. The zero-order chi connectivity index (χ0) is 17.4. The largest absolute Gasteiger partial charge is 0.337 e. The van der Waals surface area contributed by atoms with Crippen molar-refractivity contribution < 1.29 is 8.78 Å². The Morgan fingerprint density at radius 3 is 2.72 bits per heavy atom. The first kappa shape index (κ1) is 15.2. The van der Waals surface area contributed by atoms with Crippen LogP contribution in [0, 0.1) is 18.6 Å². The van der Waals surface area contributed by atoms with Crippen LogP contribution in [0.25, 0.3) is 16.7 Å². The van der Waals surface area contributed by atoms with Crippen LogP contribution in [0.3, 0.4) is 0 Å². The molecule has 0 bridgehead atoms. The molecule has 25 heavy (non-hydrogen) atoms. The van der Waals surface area contributed by atoms with E-state index in [2.05, 4.69) is 20.4 Å². The Balaban J connectivity index is 1.79. The lowest BCUT2D eigenvalue weighted by atomic mass is 10.2. The molecule has 7 heteroatoms. The summed E-state index contributed by atoms with van der Waals surface area (Å²) in [6.07, 6.45) is 2.99. The Hall–Kier alpha value is -3.35. The van der Waals surface area contributed by atoms with Crippen molar-refractivity contribution in [2.75, 3.05) is 5.32 Å². The fraction of sp³-hybridized carbons (Fsp3) is 0.0556. The van der Waals surface area contributed by atoms with Gasteiger partial charge in [0.15, 0.2) is 5.65 Å². The molecule has 0 aliphatic carbocycles. The smallest absolute Gasteiger partial charge is 0.168 e. The van der Waals surface area contributed by atoms with Crippen LogP contribution >= 0.6 is 0 Å². The molecule has 0 radical (unpaired) electrons. The van der Waals surface area contributed by atoms with Gasteiger partial charge in [0.05, 0.1) is 23.0 Å². The second-order valence-electron chi connectivity index (χ2n) is 5.60.